The summed E-state index contributed by atoms with van der Waals surface area (Å²) < 4.78 is 40.8. The van der Waals surface area contributed by atoms with Gasteiger partial charge in [0.2, 0.25) is 5.91 Å². The predicted molar refractivity (Wildman–Crippen MR) is 65.1 cm³/mol. The molecule has 0 unspecified atom stereocenters. The van der Waals surface area contributed by atoms with Crippen molar-refractivity contribution in [2.45, 2.75) is 0 Å². The van der Waals surface area contributed by atoms with E-state index in [1.54, 1.807) is 0 Å². The number of sulfone groups is 1. The zero-order chi connectivity index (χ0) is 14.6. The number of primary amides is 1. The Morgan fingerprint density at radius 1 is 1.32 bits per heavy atom. The molecule has 0 bridgehead atoms. The first-order chi connectivity index (χ1) is 8.75. The minimum absolute atomic E-state index is 0.0562. The van der Waals surface area contributed by atoms with Crippen LogP contribution in [0.1, 0.15) is 10.4 Å². The maximum Gasteiger partial charge on any atom is 0.232 e. The minimum atomic E-state index is -3.97. The molecular weight excluding hydrogens is 277 g/mol. The number of amides is 1. The Labute approximate surface area is 109 Å². The second kappa shape index (κ2) is 5.79. The highest BCUT2D eigenvalue weighted by atomic mass is 32.2. The number of rotatable bonds is 6. The van der Waals surface area contributed by atoms with E-state index in [4.69, 9.17) is 10.5 Å². The minimum Gasteiger partial charge on any atom is -0.496 e. The van der Waals surface area contributed by atoms with Crippen LogP contribution < -0.4 is 10.5 Å². The van der Waals surface area contributed by atoms with Crippen molar-refractivity contribution in [3.05, 3.63) is 29.6 Å². The van der Waals surface area contributed by atoms with E-state index in [0.29, 0.717) is 0 Å². The maximum atomic E-state index is 13.1. The van der Waals surface area contributed by atoms with Crippen molar-refractivity contribution in [2.75, 3.05) is 18.6 Å². The lowest BCUT2D eigenvalue weighted by Crippen LogP contribution is -2.28. The summed E-state index contributed by atoms with van der Waals surface area (Å²) in [6.07, 6.45) is 0. The third kappa shape index (κ3) is 4.32. The summed E-state index contributed by atoms with van der Waals surface area (Å²) >= 11 is 0. The fraction of sp³-hybridized carbons (Fsp3) is 0.273. The van der Waals surface area contributed by atoms with Gasteiger partial charge in [0.05, 0.1) is 12.7 Å². The monoisotopic (exact) mass is 289 g/mol. The molecule has 0 aromatic heterocycles. The van der Waals surface area contributed by atoms with Crippen molar-refractivity contribution in [2.24, 2.45) is 5.73 Å². The van der Waals surface area contributed by atoms with Gasteiger partial charge in [-0.05, 0) is 18.2 Å². The van der Waals surface area contributed by atoms with E-state index < -0.39 is 38.9 Å². The SMILES string of the molecule is COc1ccc(F)cc1C(=O)CS(=O)(=O)CC(N)=O. The Morgan fingerprint density at radius 2 is 1.95 bits per heavy atom. The fourth-order valence-electron chi connectivity index (χ4n) is 1.44. The predicted octanol–water partition coefficient (Wildman–Crippen LogP) is -0.0829. The van der Waals surface area contributed by atoms with Crippen LogP contribution in [0.3, 0.4) is 0 Å². The molecule has 0 spiro atoms. The summed E-state index contributed by atoms with van der Waals surface area (Å²) in [5, 5.41) is 0. The normalized spacial score (nSPS) is 11.1. The van der Waals surface area contributed by atoms with Gasteiger partial charge in [0, 0.05) is 0 Å². The molecule has 0 saturated heterocycles. The Kier molecular flexibility index (Phi) is 4.60. The first kappa shape index (κ1) is 15.1. The Hall–Kier alpha value is -1.96. The molecular formula is C11H12FNO5S. The Bertz CT molecular complexity index is 612. The molecule has 1 amide bonds. The number of hydrogen-bond donors (Lipinski definition) is 1. The van der Waals surface area contributed by atoms with Crippen LogP contribution in [0.4, 0.5) is 4.39 Å². The molecule has 1 aromatic carbocycles. The number of benzene rings is 1. The number of carbonyl (C=O) groups is 2. The topological polar surface area (TPSA) is 104 Å². The number of halogens is 1. The smallest absolute Gasteiger partial charge is 0.232 e. The van der Waals surface area contributed by atoms with Crippen LogP contribution in [0, 0.1) is 5.82 Å². The molecule has 0 aliphatic heterocycles. The van der Waals surface area contributed by atoms with E-state index in [0.717, 1.165) is 12.1 Å². The first-order valence-electron chi connectivity index (χ1n) is 5.10. The number of nitrogens with two attached hydrogens (primary N) is 1. The van der Waals surface area contributed by atoms with Gasteiger partial charge in [-0.15, -0.1) is 0 Å². The second-order valence-corrected chi connectivity index (χ2v) is 5.83. The average Bonchev–Trinajstić information content (AvgIpc) is 2.26. The van der Waals surface area contributed by atoms with Gasteiger partial charge in [0.15, 0.2) is 15.6 Å². The molecule has 0 radical (unpaired) electrons. The van der Waals surface area contributed by atoms with Gasteiger partial charge in [0.1, 0.15) is 23.1 Å². The summed E-state index contributed by atoms with van der Waals surface area (Å²) in [7, 11) is -2.70. The lowest BCUT2D eigenvalue weighted by molar-refractivity contribution is -0.115. The van der Waals surface area contributed by atoms with E-state index in [1.807, 2.05) is 0 Å². The van der Waals surface area contributed by atoms with Gasteiger partial charge in [-0.25, -0.2) is 12.8 Å². The van der Waals surface area contributed by atoms with Gasteiger partial charge >= 0.3 is 0 Å². The third-order valence-electron chi connectivity index (χ3n) is 2.18. The summed E-state index contributed by atoms with van der Waals surface area (Å²) in [6.45, 7) is 0. The van der Waals surface area contributed by atoms with Crippen LogP contribution in [-0.2, 0) is 14.6 Å². The van der Waals surface area contributed by atoms with Crippen molar-refractivity contribution in [3.63, 3.8) is 0 Å². The molecule has 2 N–H and O–H groups in total. The number of carbonyl (C=O) groups excluding carboxylic acids is 2. The van der Waals surface area contributed by atoms with Crippen molar-refractivity contribution < 1.29 is 27.1 Å². The average molecular weight is 289 g/mol. The van der Waals surface area contributed by atoms with Crippen LogP contribution >= 0.6 is 0 Å². The second-order valence-electron chi connectivity index (χ2n) is 3.77. The zero-order valence-corrected chi connectivity index (χ0v) is 10.9. The molecule has 1 rings (SSSR count). The van der Waals surface area contributed by atoms with E-state index in [9.17, 15) is 22.4 Å². The van der Waals surface area contributed by atoms with Gasteiger partial charge in [0.25, 0.3) is 0 Å². The molecule has 0 aliphatic carbocycles. The molecule has 8 heteroatoms. The van der Waals surface area contributed by atoms with E-state index in [2.05, 4.69) is 0 Å². The molecule has 1 aromatic rings. The van der Waals surface area contributed by atoms with Crippen LogP contribution in [0.2, 0.25) is 0 Å². The summed E-state index contributed by atoms with van der Waals surface area (Å²) in [4.78, 5) is 22.4. The molecule has 0 fully saturated rings. The standard InChI is InChI=1S/C11H12FNO5S/c1-18-10-3-2-7(12)4-8(10)9(14)5-19(16,17)6-11(13)15/h2-4H,5-6H2,1H3,(H2,13,15). The van der Waals surface area contributed by atoms with Crippen molar-refractivity contribution >= 4 is 21.5 Å². The summed E-state index contributed by atoms with van der Waals surface area (Å²) in [5.74, 6) is -4.43. The lowest BCUT2D eigenvalue weighted by Gasteiger charge is -2.07. The molecule has 6 nitrogen and oxygen atoms in total. The number of hydrogen-bond acceptors (Lipinski definition) is 5. The number of Topliss-reactive ketones (excluding diaryl/α,β-unsaturated/α-hetero) is 1. The van der Waals surface area contributed by atoms with Crippen molar-refractivity contribution in [1.29, 1.82) is 0 Å². The van der Waals surface area contributed by atoms with Crippen LogP contribution in [-0.4, -0.2) is 38.7 Å². The first-order valence-corrected chi connectivity index (χ1v) is 6.93. The van der Waals surface area contributed by atoms with E-state index >= 15 is 0 Å². The highest BCUT2D eigenvalue weighted by molar-refractivity contribution is 7.92. The van der Waals surface area contributed by atoms with Gasteiger partial charge in [-0.1, -0.05) is 0 Å². The highest BCUT2D eigenvalue weighted by Crippen LogP contribution is 2.20. The van der Waals surface area contributed by atoms with Crippen molar-refractivity contribution in [3.8, 4) is 5.75 Å². The number of methoxy groups -OCH3 is 1. The van der Waals surface area contributed by atoms with Crippen LogP contribution in [0.5, 0.6) is 5.75 Å². The number of ether oxygens (including phenoxy) is 1. The van der Waals surface area contributed by atoms with Gasteiger partial charge in [-0.3, -0.25) is 9.59 Å². The van der Waals surface area contributed by atoms with E-state index in [1.165, 1.54) is 13.2 Å². The molecule has 0 atom stereocenters. The number of ketones is 1. The summed E-state index contributed by atoms with van der Waals surface area (Å²) in [5.41, 5.74) is 4.56. The largest absolute Gasteiger partial charge is 0.496 e. The Balaban J connectivity index is 3.02. The molecule has 0 saturated carbocycles. The maximum absolute atomic E-state index is 13.1. The lowest BCUT2D eigenvalue weighted by atomic mass is 10.1. The third-order valence-corrected chi connectivity index (χ3v) is 3.60. The quantitative estimate of drug-likeness (QED) is 0.737. The highest BCUT2D eigenvalue weighted by Gasteiger charge is 2.22. The summed E-state index contributed by atoms with van der Waals surface area (Å²) in [6, 6.07) is 3.16. The molecule has 0 aliphatic rings. The fourth-order valence-corrected chi connectivity index (χ4v) is 2.53. The molecule has 104 valence electrons. The zero-order valence-electron chi connectivity index (χ0n) is 10.1. The van der Waals surface area contributed by atoms with Crippen LogP contribution in [0.15, 0.2) is 18.2 Å². The molecule has 19 heavy (non-hydrogen) atoms. The molecule has 0 heterocycles. The van der Waals surface area contributed by atoms with Gasteiger partial charge in [-0.2, -0.15) is 0 Å². The van der Waals surface area contributed by atoms with Gasteiger partial charge < -0.3 is 10.5 Å². The van der Waals surface area contributed by atoms with Crippen LogP contribution in [0.25, 0.3) is 0 Å². The van der Waals surface area contributed by atoms with Crippen molar-refractivity contribution in [1.82, 2.24) is 0 Å². The Morgan fingerprint density at radius 3 is 2.47 bits per heavy atom. The van der Waals surface area contributed by atoms with E-state index in [-0.39, 0.29) is 11.3 Å².